The zero-order valence-electron chi connectivity index (χ0n) is 18.2. The van der Waals surface area contributed by atoms with Crippen LogP contribution in [0.4, 0.5) is 0 Å². The third-order valence-corrected chi connectivity index (χ3v) is 4.80. The Morgan fingerprint density at radius 1 is 1.00 bits per heavy atom. The summed E-state index contributed by atoms with van der Waals surface area (Å²) in [6.45, 7) is 3.06. The highest BCUT2D eigenvalue weighted by atomic mass is 16.6. The van der Waals surface area contributed by atoms with Crippen LogP contribution in [-0.4, -0.2) is 70.6 Å². The van der Waals surface area contributed by atoms with Crippen LogP contribution in [0.5, 0.6) is 5.75 Å². The van der Waals surface area contributed by atoms with Gasteiger partial charge in [0.05, 0.1) is 0 Å². The normalized spacial score (nSPS) is 18.6. The molecule has 180 valence electrons. The number of hydrogen-bond donors (Lipinski definition) is 6. The topological polar surface area (TPSA) is 200 Å². The number of epoxide rings is 1. The molecule has 0 aromatic heterocycles. The first-order chi connectivity index (χ1) is 15.5. The molecule has 1 saturated heterocycles. The Morgan fingerprint density at radius 2 is 1.61 bits per heavy atom. The lowest BCUT2D eigenvalue weighted by Gasteiger charge is -2.23. The lowest BCUT2D eigenvalue weighted by atomic mass is 10.0. The fourth-order valence-electron chi connectivity index (χ4n) is 3.09. The van der Waals surface area contributed by atoms with Crippen LogP contribution < -0.4 is 21.7 Å². The van der Waals surface area contributed by atoms with E-state index >= 15 is 0 Å². The number of ether oxygens (including phenoxy) is 1. The average Bonchev–Trinajstić information content (AvgIpc) is 3.53. The van der Waals surface area contributed by atoms with E-state index < -0.39 is 60.4 Å². The van der Waals surface area contributed by atoms with Crippen molar-refractivity contribution >= 4 is 29.6 Å². The number of phenols is 1. The number of carboxylic acids is 1. The number of benzene rings is 1. The predicted molar refractivity (Wildman–Crippen MR) is 114 cm³/mol. The molecule has 12 nitrogen and oxygen atoms in total. The van der Waals surface area contributed by atoms with Crippen molar-refractivity contribution in [2.45, 2.75) is 51.0 Å². The third kappa shape index (κ3) is 8.07. The molecule has 1 fully saturated rings. The summed E-state index contributed by atoms with van der Waals surface area (Å²) in [7, 11) is 0. The number of nitrogens with one attached hydrogen (secondary N) is 3. The zero-order chi connectivity index (χ0) is 24.7. The second-order valence-electron chi connectivity index (χ2n) is 8.11. The standard InChI is InChI=1S/C21H28N4O8/c1-10(2)7-14(25-21(32)17-16(33-17)20(31)23-9-15(27)28)19(30)24-13(18(22)29)8-11-3-5-12(26)6-4-11/h3-6,10,13-14,16-17,26H,7-9H2,1-2H3,(H2,22,29)(H,23,31)(H,24,30)(H,25,32)(H,27,28)/t13-,14-,16-,17-/m0/s1. The molecule has 1 heterocycles. The van der Waals surface area contributed by atoms with Crippen LogP contribution in [-0.2, 0) is 35.1 Å². The van der Waals surface area contributed by atoms with E-state index in [1.165, 1.54) is 12.1 Å². The predicted octanol–water partition coefficient (Wildman–Crippen LogP) is -1.60. The molecule has 1 aromatic rings. The molecule has 12 heteroatoms. The first-order valence-corrected chi connectivity index (χ1v) is 10.3. The third-order valence-electron chi connectivity index (χ3n) is 4.80. The molecular formula is C21H28N4O8. The zero-order valence-corrected chi connectivity index (χ0v) is 18.2. The lowest BCUT2D eigenvalue weighted by Crippen LogP contribution is -2.54. The van der Waals surface area contributed by atoms with Gasteiger partial charge >= 0.3 is 5.97 Å². The smallest absolute Gasteiger partial charge is 0.322 e. The van der Waals surface area contributed by atoms with Gasteiger partial charge in [0, 0.05) is 6.42 Å². The summed E-state index contributed by atoms with van der Waals surface area (Å²) >= 11 is 0. The summed E-state index contributed by atoms with van der Waals surface area (Å²) < 4.78 is 5.02. The summed E-state index contributed by atoms with van der Waals surface area (Å²) in [4.78, 5) is 59.5. The number of rotatable bonds is 12. The summed E-state index contributed by atoms with van der Waals surface area (Å²) in [5, 5.41) is 25.1. The Kier molecular flexibility index (Phi) is 8.74. The molecule has 4 amide bonds. The van der Waals surface area contributed by atoms with Crippen LogP contribution in [0.3, 0.4) is 0 Å². The van der Waals surface area contributed by atoms with Gasteiger partial charge in [-0.25, -0.2) is 0 Å². The lowest BCUT2D eigenvalue weighted by molar-refractivity contribution is -0.138. The number of hydrogen-bond acceptors (Lipinski definition) is 7. The van der Waals surface area contributed by atoms with E-state index in [0.717, 1.165) is 0 Å². The molecule has 0 aliphatic carbocycles. The van der Waals surface area contributed by atoms with Gasteiger partial charge < -0.3 is 36.6 Å². The van der Waals surface area contributed by atoms with Crippen LogP contribution in [0.1, 0.15) is 25.8 Å². The monoisotopic (exact) mass is 464 g/mol. The molecule has 0 spiro atoms. The largest absolute Gasteiger partial charge is 0.508 e. The fourth-order valence-corrected chi connectivity index (χ4v) is 3.09. The van der Waals surface area contributed by atoms with Crippen LogP contribution in [0.2, 0.25) is 0 Å². The van der Waals surface area contributed by atoms with Gasteiger partial charge in [0.1, 0.15) is 24.4 Å². The highest BCUT2D eigenvalue weighted by Gasteiger charge is 2.51. The molecule has 33 heavy (non-hydrogen) atoms. The molecule has 7 N–H and O–H groups in total. The van der Waals surface area contributed by atoms with E-state index in [1.54, 1.807) is 12.1 Å². The van der Waals surface area contributed by atoms with Gasteiger partial charge in [-0.3, -0.25) is 24.0 Å². The van der Waals surface area contributed by atoms with Gasteiger partial charge in [0.2, 0.25) is 11.8 Å². The number of primary amides is 1. The number of aliphatic carboxylic acids is 1. The molecule has 2 rings (SSSR count). The molecule has 0 saturated carbocycles. The fraction of sp³-hybridized carbons (Fsp3) is 0.476. The van der Waals surface area contributed by atoms with E-state index in [0.29, 0.717) is 5.56 Å². The minimum atomic E-state index is -1.24. The molecule has 4 atom stereocenters. The quantitative estimate of drug-likeness (QED) is 0.199. The maximum Gasteiger partial charge on any atom is 0.322 e. The van der Waals surface area contributed by atoms with E-state index in [1.807, 2.05) is 13.8 Å². The molecule has 1 aromatic carbocycles. The number of carbonyl (C=O) groups excluding carboxylic acids is 4. The average molecular weight is 464 g/mol. The molecule has 1 aliphatic heterocycles. The van der Waals surface area contributed by atoms with Crippen LogP contribution >= 0.6 is 0 Å². The van der Waals surface area contributed by atoms with E-state index in [2.05, 4.69) is 16.0 Å². The molecule has 0 bridgehead atoms. The van der Waals surface area contributed by atoms with Gasteiger partial charge in [-0.1, -0.05) is 26.0 Å². The Bertz CT molecular complexity index is 902. The number of carbonyl (C=O) groups is 5. The summed E-state index contributed by atoms with van der Waals surface area (Å²) in [6.07, 6.45) is -1.96. The van der Waals surface area contributed by atoms with Crippen LogP contribution in [0, 0.1) is 5.92 Å². The Balaban J connectivity index is 1.99. The van der Waals surface area contributed by atoms with E-state index in [4.69, 9.17) is 15.6 Å². The Morgan fingerprint density at radius 3 is 2.15 bits per heavy atom. The maximum atomic E-state index is 12.9. The number of phenolic OH excluding ortho intramolecular Hbond substituents is 1. The van der Waals surface area contributed by atoms with Gasteiger partial charge in [0.25, 0.3) is 11.8 Å². The molecule has 1 aliphatic rings. The highest BCUT2D eigenvalue weighted by Crippen LogP contribution is 2.23. The summed E-state index contributed by atoms with van der Waals surface area (Å²) in [5.41, 5.74) is 6.08. The van der Waals surface area contributed by atoms with Crippen LogP contribution in [0.15, 0.2) is 24.3 Å². The molecular weight excluding hydrogens is 436 g/mol. The Labute approximate surface area is 189 Å². The van der Waals surface area contributed by atoms with Crippen molar-refractivity contribution in [2.24, 2.45) is 11.7 Å². The number of aromatic hydroxyl groups is 1. The van der Waals surface area contributed by atoms with Crippen LogP contribution in [0.25, 0.3) is 0 Å². The van der Waals surface area contributed by atoms with Crippen molar-refractivity contribution in [3.05, 3.63) is 29.8 Å². The van der Waals surface area contributed by atoms with Crippen molar-refractivity contribution in [2.75, 3.05) is 6.54 Å². The van der Waals surface area contributed by atoms with Gasteiger partial charge in [-0.2, -0.15) is 0 Å². The van der Waals surface area contributed by atoms with Gasteiger partial charge in [-0.15, -0.1) is 0 Å². The summed E-state index contributed by atoms with van der Waals surface area (Å²) in [6, 6.07) is 3.98. The van der Waals surface area contributed by atoms with E-state index in [9.17, 15) is 29.1 Å². The number of nitrogens with two attached hydrogens (primary N) is 1. The number of carboxylic acid groups (broad SMARTS) is 1. The SMILES string of the molecule is CC(C)C[C@H](NC(=O)[C@H]1O[C@@H]1C(=O)NCC(=O)O)C(=O)N[C@@H](Cc1ccc(O)cc1)C(N)=O. The highest BCUT2D eigenvalue weighted by molar-refractivity contribution is 5.98. The molecule has 0 unspecified atom stereocenters. The first-order valence-electron chi connectivity index (χ1n) is 10.3. The second-order valence-corrected chi connectivity index (χ2v) is 8.11. The van der Waals surface area contributed by atoms with Crippen molar-refractivity contribution in [3.8, 4) is 5.75 Å². The molecule has 0 radical (unpaired) electrons. The second kappa shape index (κ2) is 11.3. The first kappa shape index (κ1) is 25.6. The minimum absolute atomic E-state index is 0.0000369. The van der Waals surface area contributed by atoms with Crippen molar-refractivity contribution < 1.29 is 38.9 Å². The summed E-state index contributed by atoms with van der Waals surface area (Å²) in [5.74, 6) is -4.05. The number of amides is 4. The van der Waals surface area contributed by atoms with Crippen molar-refractivity contribution in [3.63, 3.8) is 0 Å². The van der Waals surface area contributed by atoms with Gasteiger partial charge in [0.15, 0.2) is 12.2 Å². The Hall–Kier alpha value is -3.67. The van der Waals surface area contributed by atoms with Crippen molar-refractivity contribution in [1.29, 1.82) is 0 Å². The van der Waals surface area contributed by atoms with Crippen molar-refractivity contribution in [1.82, 2.24) is 16.0 Å². The van der Waals surface area contributed by atoms with E-state index in [-0.39, 0.29) is 24.5 Å². The maximum absolute atomic E-state index is 12.9. The minimum Gasteiger partial charge on any atom is -0.508 e. The van der Waals surface area contributed by atoms with Gasteiger partial charge in [-0.05, 0) is 30.0 Å².